The Balaban J connectivity index is 2.28. The van der Waals surface area contributed by atoms with Crippen molar-refractivity contribution in [2.75, 3.05) is 26.7 Å². The zero-order valence-electron chi connectivity index (χ0n) is 8.27. The van der Waals surface area contributed by atoms with E-state index in [0.717, 1.165) is 6.54 Å². The molecule has 1 unspecified atom stereocenters. The highest BCUT2D eigenvalue weighted by atomic mass is 15.2. The van der Waals surface area contributed by atoms with Gasteiger partial charge in [0.25, 0.3) is 0 Å². The molecule has 2 nitrogen and oxygen atoms in total. The Morgan fingerprint density at radius 2 is 2.08 bits per heavy atom. The molecule has 1 fully saturated rings. The number of hydrogen-bond acceptors (Lipinski definition) is 2. The number of likely N-dealkylation sites (tertiary alicyclic amines) is 1. The average molecular weight is 168 g/mol. The van der Waals surface area contributed by atoms with Crippen LogP contribution in [0.3, 0.4) is 0 Å². The molecule has 0 aliphatic carbocycles. The second-order valence-electron chi connectivity index (χ2n) is 3.69. The van der Waals surface area contributed by atoms with Crippen molar-refractivity contribution in [2.24, 2.45) is 0 Å². The Labute approximate surface area is 75.6 Å². The van der Waals surface area contributed by atoms with Crippen LogP contribution >= 0.6 is 0 Å². The topological polar surface area (TPSA) is 15.3 Å². The molecular formula is C10H20N2. The minimum Gasteiger partial charge on any atom is -0.318 e. The Bertz CT molecular complexity index is 144. The van der Waals surface area contributed by atoms with Gasteiger partial charge in [-0.2, -0.15) is 0 Å². The molecule has 1 aliphatic heterocycles. The van der Waals surface area contributed by atoms with Gasteiger partial charge in [0.15, 0.2) is 0 Å². The van der Waals surface area contributed by atoms with Crippen molar-refractivity contribution in [3.05, 3.63) is 12.2 Å². The number of nitrogens with zero attached hydrogens (tertiary/aromatic N) is 1. The van der Waals surface area contributed by atoms with Crippen LogP contribution in [0.5, 0.6) is 0 Å². The maximum Gasteiger partial charge on any atom is 0.0192 e. The van der Waals surface area contributed by atoms with Crippen molar-refractivity contribution in [1.82, 2.24) is 10.2 Å². The molecule has 2 heteroatoms. The predicted molar refractivity (Wildman–Crippen MR) is 53.3 cm³/mol. The van der Waals surface area contributed by atoms with E-state index >= 15 is 0 Å². The van der Waals surface area contributed by atoms with Crippen LogP contribution in [-0.4, -0.2) is 37.6 Å². The quantitative estimate of drug-likeness (QED) is 0.638. The molecule has 0 amide bonds. The normalized spacial score (nSPS) is 22.7. The molecule has 0 radical (unpaired) electrons. The third-order valence-electron chi connectivity index (χ3n) is 2.63. The van der Waals surface area contributed by atoms with Crippen LogP contribution < -0.4 is 5.32 Å². The molecule has 1 rings (SSSR count). The van der Waals surface area contributed by atoms with Crippen LogP contribution in [0.15, 0.2) is 12.2 Å². The number of piperidine rings is 1. The summed E-state index contributed by atoms with van der Waals surface area (Å²) in [6, 6.07) is 0.670. The second-order valence-corrected chi connectivity index (χ2v) is 3.69. The first-order valence-corrected chi connectivity index (χ1v) is 4.79. The molecule has 0 bridgehead atoms. The van der Waals surface area contributed by atoms with Gasteiger partial charge in [0.2, 0.25) is 0 Å². The van der Waals surface area contributed by atoms with Crippen LogP contribution in [0.4, 0.5) is 0 Å². The van der Waals surface area contributed by atoms with Gasteiger partial charge in [0, 0.05) is 25.7 Å². The predicted octanol–water partition coefficient (Wildman–Crippen LogP) is 1.25. The van der Waals surface area contributed by atoms with Crippen molar-refractivity contribution in [2.45, 2.75) is 25.8 Å². The third kappa shape index (κ3) is 2.61. The number of hydrogen-bond donors (Lipinski definition) is 1. The maximum atomic E-state index is 4.01. The van der Waals surface area contributed by atoms with Gasteiger partial charge >= 0.3 is 0 Å². The van der Waals surface area contributed by atoms with E-state index in [1.807, 2.05) is 7.05 Å². The number of likely N-dealkylation sites (N-methyl/N-ethyl adjacent to an activating group) is 1. The van der Waals surface area contributed by atoms with E-state index < -0.39 is 0 Å². The standard InChI is InChI=1S/C10H20N2/c1-9-4-6-12(7-5-9)10(2)8-11-3/h10-11H,1,4-8H2,2-3H3. The molecule has 1 atom stereocenters. The van der Waals surface area contributed by atoms with Crippen LogP contribution in [0.1, 0.15) is 19.8 Å². The molecule has 0 saturated carbocycles. The smallest absolute Gasteiger partial charge is 0.0192 e. The molecular weight excluding hydrogens is 148 g/mol. The first-order chi connectivity index (χ1) is 5.74. The average Bonchev–Trinajstić information content (AvgIpc) is 2.06. The van der Waals surface area contributed by atoms with E-state index in [-0.39, 0.29) is 0 Å². The van der Waals surface area contributed by atoms with Crippen LogP contribution in [0.2, 0.25) is 0 Å². The molecule has 70 valence electrons. The second kappa shape index (κ2) is 4.63. The van der Waals surface area contributed by atoms with Gasteiger partial charge in [-0.3, -0.25) is 4.90 Å². The third-order valence-corrected chi connectivity index (χ3v) is 2.63. The van der Waals surface area contributed by atoms with Gasteiger partial charge in [-0.15, -0.1) is 0 Å². The van der Waals surface area contributed by atoms with E-state index in [0.29, 0.717) is 6.04 Å². The van der Waals surface area contributed by atoms with Crippen molar-refractivity contribution in [1.29, 1.82) is 0 Å². The van der Waals surface area contributed by atoms with Gasteiger partial charge in [-0.1, -0.05) is 12.2 Å². The maximum absolute atomic E-state index is 4.01. The summed E-state index contributed by atoms with van der Waals surface area (Å²) in [6.45, 7) is 9.78. The molecule has 0 aromatic rings. The van der Waals surface area contributed by atoms with Crippen molar-refractivity contribution >= 4 is 0 Å². The Morgan fingerprint density at radius 1 is 1.50 bits per heavy atom. The van der Waals surface area contributed by atoms with Crippen LogP contribution in [0, 0.1) is 0 Å². The van der Waals surface area contributed by atoms with E-state index in [1.165, 1.54) is 31.5 Å². The first-order valence-electron chi connectivity index (χ1n) is 4.79. The summed E-state index contributed by atoms with van der Waals surface area (Å²) in [5.74, 6) is 0. The summed E-state index contributed by atoms with van der Waals surface area (Å²) < 4.78 is 0. The zero-order valence-corrected chi connectivity index (χ0v) is 8.27. The van der Waals surface area contributed by atoms with Crippen molar-refractivity contribution < 1.29 is 0 Å². The highest BCUT2D eigenvalue weighted by molar-refractivity contribution is 4.99. The summed E-state index contributed by atoms with van der Waals surface area (Å²) in [7, 11) is 2.01. The fourth-order valence-electron chi connectivity index (χ4n) is 1.71. The van der Waals surface area contributed by atoms with Crippen molar-refractivity contribution in [3.63, 3.8) is 0 Å². The Kier molecular flexibility index (Phi) is 3.76. The lowest BCUT2D eigenvalue weighted by Gasteiger charge is -2.33. The molecule has 1 heterocycles. The van der Waals surface area contributed by atoms with Gasteiger partial charge in [-0.25, -0.2) is 0 Å². The minimum atomic E-state index is 0.670. The highest BCUT2D eigenvalue weighted by Crippen LogP contribution is 2.15. The monoisotopic (exact) mass is 168 g/mol. The number of nitrogens with one attached hydrogen (secondary N) is 1. The fraction of sp³-hybridized carbons (Fsp3) is 0.800. The van der Waals surface area contributed by atoms with Crippen LogP contribution in [-0.2, 0) is 0 Å². The fourth-order valence-corrected chi connectivity index (χ4v) is 1.71. The molecule has 1 saturated heterocycles. The molecule has 1 aliphatic rings. The molecule has 0 spiro atoms. The summed E-state index contributed by atoms with van der Waals surface area (Å²) in [6.07, 6.45) is 2.38. The minimum absolute atomic E-state index is 0.670. The summed E-state index contributed by atoms with van der Waals surface area (Å²) >= 11 is 0. The SMILES string of the molecule is C=C1CCN(C(C)CNC)CC1. The van der Waals surface area contributed by atoms with Crippen LogP contribution in [0.25, 0.3) is 0 Å². The molecule has 0 aromatic heterocycles. The van der Waals surface area contributed by atoms with E-state index in [2.05, 4.69) is 23.7 Å². The van der Waals surface area contributed by atoms with Gasteiger partial charge in [0.05, 0.1) is 0 Å². The zero-order chi connectivity index (χ0) is 8.97. The summed E-state index contributed by atoms with van der Waals surface area (Å²) in [5.41, 5.74) is 1.42. The Hall–Kier alpha value is -0.340. The van der Waals surface area contributed by atoms with Gasteiger partial charge < -0.3 is 5.32 Å². The summed E-state index contributed by atoms with van der Waals surface area (Å²) in [5, 5.41) is 3.21. The lowest BCUT2D eigenvalue weighted by molar-refractivity contribution is 0.193. The van der Waals surface area contributed by atoms with Crippen molar-refractivity contribution in [3.8, 4) is 0 Å². The Morgan fingerprint density at radius 3 is 2.58 bits per heavy atom. The highest BCUT2D eigenvalue weighted by Gasteiger charge is 2.16. The summed E-state index contributed by atoms with van der Waals surface area (Å²) in [4.78, 5) is 2.53. The van der Waals surface area contributed by atoms with E-state index in [1.54, 1.807) is 0 Å². The van der Waals surface area contributed by atoms with Gasteiger partial charge in [-0.05, 0) is 26.8 Å². The van der Waals surface area contributed by atoms with E-state index in [4.69, 9.17) is 0 Å². The molecule has 12 heavy (non-hydrogen) atoms. The lowest BCUT2D eigenvalue weighted by Crippen LogP contribution is -2.42. The van der Waals surface area contributed by atoms with Gasteiger partial charge in [0.1, 0.15) is 0 Å². The molecule has 0 aromatic carbocycles. The first kappa shape index (κ1) is 9.75. The number of rotatable bonds is 3. The molecule has 1 N–H and O–H groups in total. The van der Waals surface area contributed by atoms with E-state index in [9.17, 15) is 0 Å². The largest absolute Gasteiger partial charge is 0.318 e. The lowest BCUT2D eigenvalue weighted by atomic mass is 10.0.